The molecule has 1 aromatic carbocycles. The van der Waals surface area contributed by atoms with Crippen molar-refractivity contribution in [3.8, 4) is 5.75 Å². The molecule has 0 aliphatic heterocycles. The van der Waals surface area contributed by atoms with Crippen LogP contribution in [0.1, 0.15) is 27.2 Å². The molecule has 1 heterocycles. The van der Waals surface area contributed by atoms with Crippen molar-refractivity contribution >= 4 is 5.78 Å². The van der Waals surface area contributed by atoms with Crippen LogP contribution in [0.5, 0.6) is 5.75 Å². The van der Waals surface area contributed by atoms with Crippen molar-refractivity contribution in [2.75, 3.05) is 7.11 Å². The largest absolute Gasteiger partial charge is 0.496 e. The highest BCUT2D eigenvalue weighted by Crippen LogP contribution is 2.20. The molecular formula is C16H17NO2. The first-order valence-electron chi connectivity index (χ1n) is 6.20. The summed E-state index contributed by atoms with van der Waals surface area (Å²) in [6.07, 6.45) is 2.03. The highest BCUT2D eigenvalue weighted by Gasteiger charge is 2.11. The Kier molecular flexibility index (Phi) is 3.95. The summed E-state index contributed by atoms with van der Waals surface area (Å²) in [7, 11) is 1.61. The Morgan fingerprint density at radius 2 is 2.00 bits per heavy atom. The molecule has 98 valence electrons. The molecule has 0 saturated heterocycles. The number of rotatable bonds is 4. The Balaban J connectivity index is 2.23. The van der Waals surface area contributed by atoms with E-state index >= 15 is 0 Å². The highest BCUT2D eigenvalue weighted by atomic mass is 16.5. The van der Waals surface area contributed by atoms with Crippen LogP contribution in [0.15, 0.2) is 36.5 Å². The summed E-state index contributed by atoms with van der Waals surface area (Å²) in [5.74, 6) is 0.795. The Labute approximate surface area is 113 Å². The normalized spacial score (nSPS) is 10.3. The van der Waals surface area contributed by atoms with E-state index in [9.17, 15) is 4.79 Å². The molecule has 0 spiro atoms. The van der Waals surface area contributed by atoms with E-state index in [-0.39, 0.29) is 5.78 Å². The summed E-state index contributed by atoms with van der Waals surface area (Å²) >= 11 is 0. The van der Waals surface area contributed by atoms with E-state index in [1.54, 1.807) is 19.4 Å². The Bertz CT molecular complexity index is 605. The van der Waals surface area contributed by atoms with Gasteiger partial charge < -0.3 is 4.74 Å². The van der Waals surface area contributed by atoms with Gasteiger partial charge in [0.2, 0.25) is 0 Å². The van der Waals surface area contributed by atoms with E-state index < -0.39 is 0 Å². The summed E-state index contributed by atoms with van der Waals surface area (Å²) in [4.78, 5) is 16.5. The fraction of sp³-hybridized carbons (Fsp3) is 0.250. The van der Waals surface area contributed by atoms with Crippen LogP contribution in [0.2, 0.25) is 0 Å². The van der Waals surface area contributed by atoms with Crippen molar-refractivity contribution in [2.45, 2.75) is 20.3 Å². The van der Waals surface area contributed by atoms with Crippen molar-refractivity contribution in [1.82, 2.24) is 4.98 Å². The Morgan fingerprint density at radius 1 is 1.21 bits per heavy atom. The molecule has 0 fully saturated rings. The van der Waals surface area contributed by atoms with Gasteiger partial charge in [-0.3, -0.25) is 9.78 Å². The quantitative estimate of drug-likeness (QED) is 0.788. The van der Waals surface area contributed by atoms with Crippen LogP contribution in [0, 0.1) is 13.8 Å². The molecule has 2 aromatic rings. The first-order valence-corrected chi connectivity index (χ1v) is 6.20. The number of nitrogens with zero attached hydrogens (tertiary/aromatic N) is 1. The van der Waals surface area contributed by atoms with E-state index in [0.717, 1.165) is 22.6 Å². The van der Waals surface area contributed by atoms with Gasteiger partial charge in [-0.15, -0.1) is 0 Å². The lowest BCUT2D eigenvalue weighted by Crippen LogP contribution is -2.07. The molecule has 0 radical (unpaired) electrons. The van der Waals surface area contributed by atoms with Crippen molar-refractivity contribution in [1.29, 1.82) is 0 Å². The number of carbonyl (C=O) groups excluding carboxylic acids is 1. The number of benzene rings is 1. The maximum absolute atomic E-state index is 12.3. The van der Waals surface area contributed by atoms with Gasteiger partial charge in [0.05, 0.1) is 19.2 Å². The third-order valence-corrected chi connectivity index (χ3v) is 3.18. The molecular weight excluding hydrogens is 238 g/mol. The zero-order chi connectivity index (χ0) is 13.8. The van der Waals surface area contributed by atoms with Crippen LogP contribution < -0.4 is 4.74 Å². The molecule has 19 heavy (non-hydrogen) atoms. The van der Waals surface area contributed by atoms with Crippen molar-refractivity contribution in [2.24, 2.45) is 0 Å². The zero-order valence-electron chi connectivity index (χ0n) is 11.4. The topological polar surface area (TPSA) is 39.2 Å². The molecule has 0 saturated carbocycles. The molecule has 3 heteroatoms. The Morgan fingerprint density at radius 3 is 2.68 bits per heavy atom. The van der Waals surface area contributed by atoms with Gasteiger partial charge in [-0.1, -0.05) is 18.2 Å². The van der Waals surface area contributed by atoms with Gasteiger partial charge in [-0.25, -0.2) is 0 Å². The van der Waals surface area contributed by atoms with E-state index in [1.165, 1.54) is 0 Å². The lowest BCUT2D eigenvalue weighted by Gasteiger charge is -2.08. The van der Waals surface area contributed by atoms with E-state index in [0.29, 0.717) is 12.0 Å². The average molecular weight is 255 g/mol. The van der Waals surface area contributed by atoms with E-state index in [2.05, 4.69) is 4.98 Å². The molecule has 0 amide bonds. The summed E-state index contributed by atoms with van der Waals surface area (Å²) in [6, 6.07) is 9.36. The van der Waals surface area contributed by atoms with E-state index in [4.69, 9.17) is 4.74 Å². The fourth-order valence-electron chi connectivity index (χ4n) is 1.95. The van der Waals surface area contributed by atoms with Gasteiger partial charge in [-0.05, 0) is 37.1 Å². The number of ether oxygens (including phenoxy) is 1. The van der Waals surface area contributed by atoms with Crippen LogP contribution in [0.25, 0.3) is 0 Å². The second-order valence-corrected chi connectivity index (χ2v) is 4.55. The van der Waals surface area contributed by atoms with Gasteiger partial charge in [0, 0.05) is 11.8 Å². The van der Waals surface area contributed by atoms with Crippen LogP contribution in [-0.4, -0.2) is 17.9 Å². The van der Waals surface area contributed by atoms with Crippen LogP contribution >= 0.6 is 0 Å². The fourth-order valence-corrected chi connectivity index (χ4v) is 1.95. The SMILES string of the molecule is COc1cc(C(=O)Cc2ncccc2C)ccc1C. The number of ketones is 1. The Hall–Kier alpha value is -2.16. The summed E-state index contributed by atoms with van der Waals surface area (Å²) < 4.78 is 5.24. The average Bonchev–Trinajstić information content (AvgIpc) is 2.42. The number of aromatic nitrogens is 1. The lowest BCUT2D eigenvalue weighted by molar-refractivity contribution is 0.0991. The number of carbonyl (C=O) groups is 1. The standard InChI is InChI=1S/C16H17NO2/c1-11-5-4-8-17-14(11)10-15(18)13-7-6-12(2)16(9-13)19-3/h4-9H,10H2,1-3H3. The number of pyridine rings is 1. The maximum Gasteiger partial charge on any atom is 0.168 e. The minimum absolute atomic E-state index is 0.0556. The van der Waals surface area contributed by atoms with Gasteiger partial charge in [0.25, 0.3) is 0 Å². The predicted molar refractivity (Wildman–Crippen MR) is 74.7 cm³/mol. The predicted octanol–water partition coefficient (Wildman–Crippen LogP) is 3.13. The summed E-state index contributed by atoms with van der Waals surface area (Å²) in [5.41, 5.74) is 3.54. The van der Waals surface area contributed by atoms with Crippen LogP contribution in [-0.2, 0) is 6.42 Å². The molecule has 0 atom stereocenters. The summed E-state index contributed by atoms with van der Waals surface area (Å²) in [5, 5.41) is 0. The van der Waals surface area contributed by atoms with Gasteiger partial charge in [-0.2, -0.15) is 0 Å². The van der Waals surface area contributed by atoms with Crippen molar-refractivity contribution in [3.63, 3.8) is 0 Å². The van der Waals surface area contributed by atoms with Gasteiger partial charge in [0.1, 0.15) is 5.75 Å². The molecule has 0 unspecified atom stereocenters. The molecule has 0 aliphatic carbocycles. The number of Topliss-reactive ketones (excluding diaryl/α,β-unsaturated/α-hetero) is 1. The van der Waals surface area contributed by atoms with Crippen molar-refractivity contribution < 1.29 is 9.53 Å². The molecule has 0 N–H and O–H groups in total. The monoisotopic (exact) mass is 255 g/mol. The minimum atomic E-state index is 0.0556. The highest BCUT2D eigenvalue weighted by molar-refractivity contribution is 5.97. The van der Waals surface area contributed by atoms with Crippen LogP contribution in [0.3, 0.4) is 0 Å². The first-order chi connectivity index (χ1) is 9.11. The smallest absolute Gasteiger partial charge is 0.168 e. The van der Waals surface area contributed by atoms with Crippen molar-refractivity contribution in [3.05, 3.63) is 58.9 Å². The number of aryl methyl sites for hydroxylation is 2. The second kappa shape index (κ2) is 5.65. The van der Waals surface area contributed by atoms with Gasteiger partial charge in [0.15, 0.2) is 5.78 Å². The zero-order valence-corrected chi connectivity index (χ0v) is 11.4. The third kappa shape index (κ3) is 2.99. The number of hydrogen-bond acceptors (Lipinski definition) is 3. The molecule has 1 aromatic heterocycles. The first kappa shape index (κ1) is 13.3. The second-order valence-electron chi connectivity index (χ2n) is 4.55. The maximum atomic E-state index is 12.3. The van der Waals surface area contributed by atoms with E-state index in [1.807, 2.05) is 38.1 Å². The molecule has 0 aliphatic rings. The number of hydrogen-bond donors (Lipinski definition) is 0. The van der Waals surface area contributed by atoms with Crippen LogP contribution in [0.4, 0.5) is 0 Å². The molecule has 0 bridgehead atoms. The third-order valence-electron chi connectivity index (χ3n) is 3.18. The molecule has 3 nitrogen and oxygen atoms in total. The lowest BCUT2D eigenvalue weighted by atomic mass is 10.0. The van der Waals surface area contributed by atoms with Gasteiger partial charge >= 0.3 is 0 Å². The summed E-state index contributed by atoms with van der Waals surface area (Å²) in [6.45, 7) is 3.92. The minimum Gasteiger partial charge on any atom is -0.496 e. The number of methoxy groups -OCH3 is 1. The molecule has 2 rings (SSSR count).